The Morgan fingerprint density at radius 3 is 2.26 bits per heavy atom. The summed E-state index contributed by atoms with van der Waals surface area (Å²) in [6.07, 6.45) is 0.947. The van der Waals surface area contributed by atoms with Crippen molar-refractivity contribution in [2.75, 3.05) is 6.54 Å². The molecule has 0 saturated carbocycles. The van der Waals surface area contributed by atoms with Crippen molar-refractivity contribution in [2.24, 2.45) is 0 Å². The average Bonchev–Trinajstić information content (AvgIpc) is 2.41. The highest BCUT2D eigenvalue weighted by atomic mass is 35.5. The molecule has 0 aromatic heterocycles. The van der Waals surface area contributed by atoms with Crippen LogP contribution in [0.2, 0.25) is 10.0 Å². The summed E-state index contributed by atoms with van der Waals surface area (Å²) in [5, 5.41) is 4.66. The van der Waals surface area contributed by atoms with Gasteiger partial charge in [0.2, 0.25) is 0 Å². The first-order valence-corrected chi connectivity index (χ1v) is 7.11. The van der Waals surface area contributed by atoms with Gasteiger partial charge in [-0.1, -0.05) is 59.1 Å². The molecule has 19 heavy (non-hydrogen) atoms. The monoisotopic (exact) mass is 293 g/mol. The minimum atomic E-state index is 0.609. The third kappa shape index (κ3) is 4.54. The SMILES string of the molecule is Cc1ccc(CNCCc2ccc(Cl)c(Cl)c2)cc1. The maximum Gasteiger partial charge on any atom is 0.0595 e. The van der Waals surface area contributed by atoms with E-state index in [1.807, 2.05) is 18.2 Å². The first-order valence-electron chi connectivity index (χ1n) is 6.35. The Hall–Kier alpha value is -1.02. The number of rotatable bonds is 5. The van der Waals surface area contributed by atoms with Gasteiger partial charge in [0.25, 0.3) is 0 Å². The summed E-state index contributed by atoms with van der Waals surface area (Å²) in [5.74, 6) is 0. The van der Waals surface area contributed by atoms with Crippen LogP contribution in [0.25, 0.3) is 0 Å². The zero-order chi connectivity index (χ0) is 13.7. The standard InChI is InChI=1S/C16H17Cl2N/c1-12-2-4-14(5-3-12)11-19-9-8-13-6-7-15(17)16(18)10-13/h2-7,10,19H,8-9,11H2,1H3. The summed E-state index contributed by atoms with van der Waals surface area (Å²) < 4.78 is 0. The van der Waals surface area contributed by atoms with E-state index in [-0.39, 0.29) is 0 Å². The molecule has 0 saturated heterocycles. The van der Waals surface area contributed by atoms with Crippen LogP contribution in [0.1, 0.15) is 16.7 Å². The molecular weight excluding hydrogens is 277 g/mol. The lowest BCUT2D eigenvalue weighted by Crippen LogP contribution is -2.16. The zero-order valence-electron chi connectivity index (χ0n) is 10.9. The largest absolute Gasteiger partial charge is 0.312 e. The zero-order valence-corrected chi connectivity index (χ0v) is 12.4. The van der Waals surface area contributed by atoms with E-state index in [1.165, 1.54) is 16.7 Å². The molecule has 0 atom stereocenters. The van der Waals surface area contributed by atoms with Crippen molar-refractivity contribution in [3.63, 3.8) is 0 Å². The van der Waals surface area contributed by atoms with Crippen LogP contribution in [0.15, 0.2) is 42.5 Å². The predicted octanol–water partition coefficient (Wildman–Crippen LogP) is 4.63. The molecule has 0 fully saturated rings. The maximum atomic E-state index is 5.98. The predicted molar refractivity (Wildman–Crippen MR) is 83.1 cm³/mol. The Labute approximate surface area is 124 Å². The van der Waals surface area contributed by atoms with Crippen molar-refractivity contribution in [3.05, 3.63) is 69.2 Å². The molecule has 0 heterocycles. The maximum absolute atomic E-state index is 5.98. The molecule has 0 radical (unpaired) electrons. The van der Waals surface area contributed by atoms with Gasteiger partial charge in [-0.25, -0.2) is 0 Å². The van der Waals surface area contributed by atoms with Gasteiger partial charge in [-0.2, -0.15) is 0 Å². The minimum absolute atomic E-state index is 0.609. The average molecular weight is 294 g/mol. The van der Waals surface area contributed by atoms with E-state index in [0.717, 1.165) is 19.5 Å². The van der Waals surface area contributed by atoms with Gasteiger partial charge in [-0.15, -0.1) is 0 Å². The van der Waals surface area contributed by atoms with Crippen LogP contribution in [0.5, 0.6) is 0 Å². The van der Waals surface area contributed by atoms with Gasteiger partial charge in [0.05, 0.1) is 10.0 Å². The highest BCUT2D eigenvalue weighted by Crippen LogP contribution is 2.22. The Kier molecular flexibility index (Phi) is 5.26. The lowest BCUT2D eigenvalue weighted by Gasteiger charge is -2.06. The second-order valence-electron chi connectivity index (χ2n) is 4.66. The van der Waals surface area contributed by atoms with E-state index in [2.05, 4.69) is 36.5 Å². The van der Waals surface area contributed by atoms with Crippen molar-refractivity contribution in [1.29, 1.82) is 0 Å². The van der Waals surface area contributed by atoms with Gasteiger partial charge in [-0.3, -0.25) is 0 Å². The van der Waals surface area contributed by atoms with Gasteiger partial charge in [-0.05, 0) is 43.1 Å². The lowest BCUT2D eigenvalue weighted by atomic mass is 10.1. The van der Waals surface area contributed by atoms with Crippen LogP contribution >= 0.6 is 23.2 Å². The molecule has 1 N–H and O–H groups in total. The first-order chi connectivity index (χ1) is 9.15. The van der Waals surface area contributed by atoms with E-state index in [1.54, 1.807) is 0 Å². The minimum Gasteiger partial charge on any atom is -0.312 e. The van der Waals surface area contributed by atoms with Gasteiger partial charge in [0, 0.05) is 6.54 Å². The van der Waals surface area contributed by atoms with Crippen LogP contribution in [-0.4, -0.2) is 6.54 Å². The van der Waals surface area contributed by atoms with Crippen molar-refractivity contribution >= 4 is 23.2 Å². The summed E-state index contributed by atoms with van der Waals surface area (Å²) in [6, 6.07) is 14.4. The third-order valence-corrected chi connectivity index (χ3v) is 3.76. The van der Waals surface area contributed by atoms with E-state index >= 15 is 0 Å². The van der Waals surface area contributed by atoms with Crippen molar-refractivity contribution in [1.82, 2.24) is 5.32 Å². The lowest BCUT2D eigenvalue weighted by molar-refractivity contribution is 0.687. The van der Waals surface area contributed by atoms with Crippen LogP contribution in [0.4, 0.5) is 0 Å². The molecule has 0 amide bonds. The van der Waals surface area contributed by atoms with Crippen LogP contribution < -0.4 is 5.32 Å². The van der Waals surface area contributed by atoms with E-state index < -0.39 is 0 Å². The molecule has 3 heteroatoms. The highest BCUT2D eigenvalue weighted by Gasteiger charge is 1.99. The summed E-state index contributed by atoms with van der Waals surface area (Å²) >= 11 is 11.9. The van der Waals surface area contributed by atoms with Crippen LogP contribution in [0.3, 0.4) is 0 Å². The summed E-state index contributed by atoms with van der Waals surface area (Å²) in [5.41, 5.74) is 3.80. The number of hydrogen-bond donors (Lipinski definition) is 1. The molecule has 2 aromatic rings. The van der Waals surface area contributed by atoms with Crippen molar-refractivity contribution in [3.8, 4) is 0 Å². The van der Waals surface area contributed by atoms with Crippen LogP contribution in [-0.2, 0) is 13.0 Å². The molecule has 0 spiro atoms. The molecular formula is C16H17Cl2N. The third-order valence-electron chi connectivity index (χ3n) is 3.02. The molecule has 1 nitrogen and oxygen atoms in total. The first kappa shape index (κ1) is 14.4. The molecule has 0 aliphatic heterocycles. The topological polar surface area (TPSA) is 12.0 Å². The van der Waals surface area contributed by atoms with Gasteiger partial charge in [0.15, 0.2) is 0 Å². The molecule has 100 valence electrons. The van der Waals surface area contributed by atoms with E-state index in [4.69, 9.17) is 23.2 Å². The molecule has 0 bridgehead atoms. The summed E-state index contributed by atoms with van der Waals surface area (Å²) in [7, 11) is 0. The quantitative estimate of drug-likeness (QED) is 0.792. The van der Waals surface area contributed by atoms with E-state index in [0.29, 0.717) is 10.0 Å². The fraction of sp³-hybridized carbons (Fsp3) is 0.250. The Balaban J connectivity index is 1.77. The Morgan fingerprint density at radius 2 is 1.58 bits per heavy atom. The van der Waals surface area contributed by atoms with Crippen molar-refractivity contribution in [2.45, 2.75) is 19.9 Å². The normalized spacial score (nSPS) is 10.7. The smallest absolute Gasteiger partial charge is 0.0595 e. The number of benzene rings is 2. The van der Waals surface area contributed by atoms with Crippen molar-refractivity contribution < 1.29 is 0 Å². The Morgan fingerprint density at radius 1 is 0.895 bits per heavy atom. The molecule has 2 rings (SSSR count). The number of nitrogens with one attached hydrogen (secondary N) is 1. The van der Waals surface area contributed by atoms with Gasteiger partial charge >= 0.3 is 0 Å². The van der Waals surface area contributed by atoms with Crippen LogP contribution in [0, 0.1) is 6.92 Å². The second-order valence-corrected chi connectivity index (χ2v) is 5.48. The Bertz CT molecular complexity index is 535. The fourth-order valence-corrected chi connectivity index (χ4v) is 2.19. The number of halogens is 2. The summed E-state index contributed by atoms with van der Waals surface area (Å²) in [6.45, 7) is 3.91. The number of hydrogen-bond acceptors (Lipinski definition) is 1. The van der Waals surface area contributed by atoms with Gasteiger partial charge < -0.3 is 5.32 Å². The molecule has 0 aliphatic rings. The van der Waals surface area contributed by atoms with Gasteiger partial charge in [0.1, 0.15) is 0 Å². The molecule has 0 unspecified atom stereocenters. The molecule has 0 aliphatic carbocycles. The van der Waals surface area contributed by atoms with E-state index in [9.17, 15) is 0 Å². The number of aryl methyl sites for hydroxylation is 1. The second kappa shape index (κ2) is 6.95. The highest BCUT2D eigenvalue weighted by molar-refractivity contribution is 6.42. The molecule has 2 aromatic carbocycles. The summed E-state index contributed by atoms with van der Waals surface area (Å²) in [4.78, 5) is 0. The fourth-order valence-electron chi connectivity index (χ4n) is 1.87.